The predicted octanol–water partition coefficient (Wildman–Crippen LogP) is 0.775. The van der Waals surface area contributed by atoms with E-state index in [4.69, 9.17) is 0 Å². The molecule has 3 nitrogen and oxygen atoms in total. The molecule has 2 bridgehead atoms. The first-order chi connectivity index (χ1) is 5.74. The SMILES string of the molecule is COC(=O)[C@@H]1[C@H]2CC[C@@H]1C(=O)C2. The fourth-order valence-electron chi connectivity index (χ4n) is 2.57. The number of esters is 1. The number of hydrogen-bond donors (Lipinski definition) is 0. The van der Waals surface area contributed by atoms with Gasteiger partial charge < -0.3 is 4.74 Å². The average Bonchev–Trinajstić information content (AvgIpc) is 2.59. The number of hydrogen-bond acceptors (Lipinski definition) is 3. The second kappa shape index (κ2) is 2.57. The van der Waals surface area contributed by atoms with Crippen molar-refractivity contribution in [2.75, 3.05) is 7.11 Å². The van der Waals surface area contributed by atoms with Crippen molar-refractivity contribution in [1.82, 2.24) is 0 Å². The Bertz CT molecular complexity index is 234. The van der Waals surface area contributed by atoms with E-state index in [1.165, 1.54) is 7.11 Å². The van der Waals surface area contributed by atoms with Crippen molar-refractivity contribution >= 4 is 11.8 Å². The lowest BCUT2D eigenvalue weighted by Gasteiger charge is -2.10. The smallest absolute Gasteiger partial charge is 0.309 e. The molecule has 0 N–H and O–H groups in total. The third kappa shape index (κ3) is 0.886. The minimum atomic E-state index is -0.187. The molecule has 0 amide bonds. The summed E-state index contributed by atoms with van der Waals surface area (Å²) in [5.74, 6) is 0.245. The molecule has 66 valence electrons. The third-order valence-electron chi connectivity index (χ3n) is 3.14. The Morgan fingerprint density at radius 2 is 2.25 bits per heavy atom. The molecule has 3 heteroatoms. The van der Waals surface area contributed by atoms with Crippen LogP contribution in [0.15, 0.2) is 0 Å². The van der Waals surface area contributed by atoms with Gasteiger partial charge in [0.25, 0.3) is 0 Å². The molecule has 2 fully saturated rings. The summed E-state index contributed by atoms with van der Waals surface area (Å²) in [7, 11) is 1.39. The fraction of sp³-hybridized carbons (Fsp3) is 0.778. The van der Waals surface area contributed by atoms with Crippen LogP contribution < -0.4 is 0 Å². The summed E-state index contributed by atoms with van der Waals surface area (Å²) in [6.07, 6.45) is 2.52. The minimum Gasteiger partial charge on any atom is -0.469 e. The van der Waals surface area contributed by atoms with Crippen LogP contribution in [0.1, 0.15) is 19.3 Å². The van der Waals surface area contributed by atoms with Gasteiger partial charge in [0.05, 0.1) is 13.0 Å². The number of fused-ring (bicyclic) bond motifs is 2. The Balaban J connectivity index is 2.18. The quantitative estimate of drug-likeness (QED) is 0.543. The van der Waals surface area contributed by atoms with Crippen LogP contribution in [0.4, 0.5) is 0 Å². The van der Waals surface area contributed by atoms with Gasteiger partial charge in [-0.1, -0.05) is 0 Å². The maximum Gasteiger partial charge on any atom is 0.309 e. The fourth-order valence-corrected chi connectivity index (χ4v) is 2.57. The topological polar surface area (TPSA) is 43.4 Å². The van der Waals surface area contributed by atoms with Crippen LogP contribution in [0.2, 0.25) is 0 Å². The van der Waals surface area contributed by atoms with Crippen molar-refractivity contribution in [2.24, 2.45) is 17.8 Å². The van der Waals surface area contributed by atoms with E-state index >= 15 is 0 Å². The van der Waals surface area contributed by atoms with Gasteiger partial charge >= 0.3 is 5.97 Å². The van der Waals surface area contributed by atoms with Crippen LogP contribution in [0.3, 0.4) is 0 Å². The zero-order valence-electron chi connectivity index (χ0n) is 7.08. The van der Waals surface area contributed by atoms with Crippen molar-refractivity contribution < 1.29 is 14.3 Å². The molecule has 2 aliphatic carbocycles. The number of carbonyl (C=O) groups excluding carboxylic acids is 2. The van der Waals surface area contributed by atoms with Gasteiger partial charge in [0.2, 0.25) is 0 Å². The van der Waals surface area contributed by atoms with Gasteiger partial charge in [-0.3, -0.25) is 9.59 Å². The Kier molecular flexibility index (Phi) is 1.67. The van der Waals surface area contributed by atoms with Crippen molar-refractivity contribution in [3.63, 3.8) is 0 Å². The van der Waals surface area contributed by atoms with E-state index in [-0.39, 0.29) is 29.5 Å². The molecule has 0 aromatic carbocycles. The van der Waals surface area contributed by atoms with E-state index < -0.39 is 0 Å². The van der Waals surface area contributed by atoms with E-state index in [1.807, 2.05) is 0 Å². The number of Topliss-reactive ketones (excluding diaryl/α,β-unsaturated/α-hetero) is 1. The number of ether oxygens (including phenoxy) is 1. The van der Waals surface area contributed by atoms with Crippen molar-refractivity contribution in [3.05, 3.63) is 0 Å². The largest absolute Gasteiger partial charge is 0.469 e. The summed E-state index contributed by atoms with van der Waals surface area (Å²) in [6.45, 7) is 0. The monoisotopic (exact) mass is 168 g/mol. The highest BCUT2D eigenvalue weighted by Gasteiger charge is 2.51. The maximum absolute atomic E-state index is 11.3. The second-order valence-corrected chi connectivity index (χ2v) is 3.66. The Labute approximate surface area is 71.1 Å². The summed E-state index contributed by atoms with van der Waals surface area (Å²) in [6, 6.07) is 0. The molecule has 0 spiro atoms. The highest BCUT2D eigenvalue weighted by Crippen LogP contribution is 2.47. The first-order valence-corrected chi connectivity index (χ1v) is 4.34. The molecule has 0 radical (unpaired) electrons. The molecule has 0 aromatic rings. The molecule has 12 heavy (non-hydrogen) atoms. The lowest BCUT2D eigenvalue weighted by atomic mass is 9.98. The molecule has 0 unspecified atom stereocenters. The molecule has 0 aliphatic heterocycles. The zero-order chi connectivity index (χ0) is 8.72. The molecule has 3 atom stereocenters. The Hall–Kier alpha value is -0.860. The van der Waals surface area contributed by atoms with E-state index in [1.54, 1.807) is 0 Å². The van der Waals surface area contributed by atoms with Crippen molar-refractivity contribution in [3.8, 4) is 0 Å². The number of methoxy groups -OCH3 is 1. The molecular weight excluding hydrogens is 156 g/mol. The lowest BCUT2D eigenvalue weighted by Crippen LogP contribution is -2.21. The Morgan fingerprint density at radius 3 is 2.67 bits per heavy atom. The Morgan fingerprint density at radius 1 is 1.50 bits per heavy atom. The summed E-state index contributed by atoms with van der Waals surface area (Å²) in [4.78, 5) is 22.5. The van der Waals surface area contributed by atoms with E-state index in [2.05, 4.69) is 4.74 Å². The first kappa shape index (κ1) is 7.77. The number of ketones is 1. The lowest BCUT2D eigenvalue weighted by molar-refractivity contribution is -0.147. The van der Waals surface area contributed by atoms with Gasteiger partial charge in [0.1, 0.15) is 5.78 Å². The van der Waals surface area contributed by atoms with Gasteiger partial charge in [0, 0.05) is 12.3 Å². The van der Waals surface area contributed by atoms with Gasteiger partial charge in [0.15, 0.2) is 0 Å². The molecule has 0 heterocycles. The van der Waals surface area contributed by atoms with Crippen LogP contribution >= 0.6 is 0 Å². The van der Waals surface area contributed by atoms with Crippen molar-refractivity contribution in [2.45, 2.75) is 19.3 Å². The van der Waals surface area contributed by atoms with Crippen LogP contribution in [0.5, 0.6) is 0 Å². The first-order valence-electron chi connectivity index (χ1n) is 4.34. The van der Waals surface area contributed by atoms with Gasteiger partial charge in [-0.25, -0.2) is 0 Å². The standard InChI is InChI=1S/C9H12O3/c1-12-9(11)8-5-2-3-6(8)7(10)4-5/h5-6,8H,2-4H2,1H3/t5-,6+,8+/m0/s1. The van der Waals surface area contributed by atoms with Gasteiger partial charge in [-0.2, -0.15) is 0 Å². The summed E-state index contributed by atoms with van der Waals surface area (Å²) >= 11 is 0. The highest BCUT2D eigenvalue weighted by molar-refractivity contribution is 5.91. The average molecular weight is 168 g/mol. The zero-order valence-corrected chi connectivity index (χ0v) is 7.08. The molecule has 2 rings (SSSR count). The van der Waals surface area contributed by atoms with Crippen LogP contribution in [-0.4, -0.2) is 18.9 Å². The van der Waals surface area contributed by atoms with Crippen LogP contribution in [-0.2, 0) is 14.3 Å². The van der Waals surface area contributed by atoms with Gasteiger partial charge in [-0.15, -0.1) is 0 Å². The summed E-state index contributed by atoms with van der Waals surface area (Å²) in [5, 5.41) is 0. The van der Waals surface area contributed by atoms with Crippen LogP contribution in [0.25, 0.3) is 0 Å². The van der Waals surface area contributed by atoms with Crippen molar-refractivity contribution in [1.29, 1.82) is 0 Å². The second-order valence-electron chi connectivity index (χ2n) is 3.66. The molecular formula is C9H12O3. The molecule has 0 saturated heterocycles. The molecule has 2 saturated carbocycles. The van der Waals surface area contributed by atoms with E-state index in [0.29, 0.717) is 6.42 Å². The maximum atomic E-state index is 11.3. The van der Waals surface area contributed by atoms with Crippen LogP contribution in [0, 0.1) is 17.8 Å². The summed E-state index contributed by atoms with van der Waals surface area (Å²) in [5.41, 5.74) is 0. The molecule has 0 aromatic heterocycles. The summed E-state index contributed by atoms with van der Waals surface area (Å²) < 4.78 is 4.67. The predicted molar refractivity (Wildman–Crippen MR) is 41.3 cm³/mol. The number of carbonyl (C=O) groups is 2. The number of rotatable bonds is 1. The third-order valence-corrected chi connectivity index (χ3v) is 3.14. The minimum absolute atomic E-state index is 0.0116. The molecule has 2 aliphatic rings. The van der Waals surface area contributed by atoms with E-state index in [0.717, 1.165) is 12.8 Å². The van der Waals surface area contributed by atoms with E-state index in [9.17, 15) is 9.59 Å². The normalized spacial score (nSPS) is 38.8. The van der Waals surface area contributed by atoms with Gasteiger partial charge in [-0.05, 0) is 18.8 Å². The highest BCUT2D eigenvalue weighted by atomic mass is 16.5.